The smallest absolute Gasteiger partial charge is 0.311 e. The van der Waals surface area contributed by atoms with E-state index in [1.165, 1.54) is 19.2 Å². The van der Waals surface area contributed by atoms with Gasteiger partial charge < -0.3 is 20.5 Å². The maximum absolute atomic E-state index is 12.0. The van der Waals surface area contributed by atoms with Crippen molar-refractivity contribution in [1.82, 2.24) is 5.32 Å². The Hall–Kier alpha value is -1.90. The predicted octanol–water partition coefficient (Wildman–Crippen LogP) is 1.15. The molecule has 0 spiro atoms. The van der Waals surface area contributed by atoms with Gasteiger partial charge in [0, 0.05) is 19.2 Å². The summed E-state index contributed by atoms with van der Waals surface area (Å²) in [6, 6.07) is 4.57. The van der Waals surface area contributed by atoms with Crippen LogP contribution in [0.2, 0.25) is 0 Å². The quantitative estimate of drug-likeness (QED) is 0.590. The van der Waals surface area contributed by atoms with Crippen molar-refractivity contribution in [3.63, 3.8) is 0 Å². The third-order valence-electron chi connectivity index (χ3n) is 3.57. The molecule has 1 saturated heterocycles. The average Bonchev–Trinajstić information content (AvgIpc) is 3.01. The molecule has 2 atom stereocenters. The molecule has 23 heavy (non-hydrogen) atoms. The number of ether oxygens (including phenoxy) is 2. The summed E-state index contributed by atoms with van der Waals surface area (Å²) in [7, 11) is 1.37. The van der Waals surface area contributed by atoms with Gasteiger partial charge >= 0.3 is 5.69 Å². The van der Waals surface area contributed by atoms with E-state index in [0.717, 1.165) is 6.42 Å². The molecule has 0 radical (unpaired) electrons. The molecule has 1 aromatic rings. The van der Waals surface area contributed by atoms with Crippen LogP contribution in [0.1, 0.15) is 18.4 Å². The van der Waals surface area contributed by atoms with Gasteiger partial charge in [0.1, 0.15) is 6.10 Å². The Bertz CT molecular complexity index is 569. The van der Waals surface area contributed by atoms with Crippen molar-refractivity contribution >= 4 is 24.0 Å². The van der Waals surface area contributed by atoms with Gasteiger partial charge in [-0.15, -0.1) is 12.4 Å². The molecule has 2 rings (SSSR count). The lowest BCUT2D eigenvalue weighted by molar-refractivity contribution is -0.385. The standard InChI is InChI=1S/C14H19N3O5.ClH/c1-21-12-4-2-9(6-11(12)17(19)20)8-16-14(18)13-5-3-10(7-15)22-13;/h2,4,6,10,13H,3,5,7-8,15H2,1H3,(H,16,18);1H/t10-,13+;/m1./s1. The molecule has 0 aromatic heterocycles. The molecule has 8 nitrogen and oxygen atoms in total. The van der Waals surface area contributed by atoms with Gasteiger partial charge in [0.2, 0.25) is 5.91 Å². The van der Waals surface area contributed by atoms with E-state index in [0.29, 0.717) is 18.5 Å². The Labute approximate surface area is 139 Å². The molecular weight excluding hydrogens is 326 g/mol. The van der Waals surface area contributed by atoms with Crippen LogP contribution in [0.25, 0.3) is 0 Å². The number of nitro benzene ring substituents is 1. The molecule has 0 unspecified atom stereocenters. The van der Waals surface area contributed by atoms with E-state index in [2.05, 4.69) is 5.32 Å². The van der Waals surface area contributed by atoms with Crippen LogP contribution in [-0.4, -0.2) is 36.7 Å². The predicted molar refractivity (Wildman–Crippen MR) is 85.7 cm³/mol. The monoisotopic (exact) mass is 345 g/mol. The number of halogens is 1. The van der Waals surface area contributed by atoms with Gasteiger partial charge in [-0.25, -0.2) is 0 Å². The van der Waals surface area contributed by atoms with Crippen LogP contribution in [0.4, 0.5) is 5.69 Å². The van der Waals surface area contributed by atoms with Crippen molar-refractivity contribution in [2.24, 2.45) is 5.73 Å². The number of nitrogens with two attached hydrogens (primary N) is 1. The number of carbonyl (C=O) groups is 1. The molecular formula is C14H20ClN3O5. The van der Waals surface area contributed by atoms with Crippen LogP contribution in [-0.2, 0) is 16.1 Å². The fraction of sp³-hybridized carbons (Fsp3) is 0.500. The van der Waals surface area contributed by atoms with Crippen LogP contribution in [0.3, 0.4) is 0 Å². The minimum absolute atomic E-state index is 0. The minimum Gasteiger partial charge on any atom is -0.490 e. The summed E-state index contributed by atoms with van der Waals surface area (Å²) in [6.07, 6.45) is 0.832. The van der Waals surface area contributed by atoms with E-state index in [1.54, 1.807) is 6.07 Å². The number of hydrogen-bond donors (Lipinski definition) is 2. The van der Waals surface area contributed by atoms with Crippen molar-refractivity contribution < 1.29 is 19.2 Å². The van der Waals surface area contributed by atoms with E-state index < -0.39 is 11.0 Å². The number of methoxy groups -OCH3 is 1. The van der Waals surface area contributed by atoms with Gasteiger partial charge in [-0.3, -0.25) is 14.9 Å². The van der Waals surface area contributed by atoms with Crippen LogP contribution < -0.4 is 15.8 Å². The Morgan fingerprint density at radius 3 is 2.83 bits per heavy atom. The molecule has 0 bridgehead atoms. The molecule has 1 heterocycles. The average molecular weight is 346 g/mol. The first-order valence-electron chi connectivity index (χ1n) is 6.99. The van der Waals surface area contributed by atoms with Crippen molar-refractivity contribution in [2.75, 3.05) is 13.7 Å². The molecule has 1 aliphatic rings. The number of carbonyl (C=O) groups excluding carboxylic acids is 1. The van der Waals surface area contributed by atoms with E-state index in [1.807, 2.05) is 0 Å². The molecule has 9 heteroatoms. The fourth-order valence-corrected chi connectivity index (χ4v) is 2.36. The lowest BCUT2D eigenvalue weighted by atomic mass is 10.1. The van der Waals surface area contributed by atoms with Gasteiger partial charge in [0.15, 0.2) is 5.75 Å². The summed E-state index contributed by atoms with van der Waals surface area (Å²) in [4.78, 5) is 22.4. The van der Waals surface area contributed by atoms with E-state index in [9.17, 15) is 14.9 Å². The number of nitro groups is 1. The topological polar surface area (TPSA) is 117 Å². The van der Waals surface area contributed by atoms with E-state index >= 15 is 0 Å². The molecule has 1 aliphatic heterocycles. The molecule has 3 N–H and O–H groups in total. The summed E-state index contributed by atoms with van der Waals surface area (Å²) < 4.78 is 10.4. The highest BCUT2D eigenvalue weighted by molar-refractivity contribution is 5.85. The van der Waals surface area contributed by atoms with Gasteiger partial charge in [-0.1, -0.05) is 6.07 Å². The highest BCUT2D eigenvalue weighted by Crippen LogP contribution is 2.27. The summed E-state index contributed by atoms with van der Waals surface area (Å²) in [5, 5.41) is 13.7. The third kappa shape index (κ3) is 4.78. The highest BCUT2D eigenvalue weighted by atomic mass is 35.5. The summed E-state index contributed by atoms with van der Waals surface area (Å²) in [6.45, 7) is 0.589. The maximum Gasteiger partial charge on any atom is 0.311 e. The molecule has 0 aliphatic carbocycles. The van der Waals surface area contributed by atoms with Crippen molar-refractivity contribution in [3.8, 4) is 5.75 Å². The first-order chi connectivity index (χ1) is 10.5. The SMILES string of the molecule is COc1ccc(CNC(=O)[C@@H]2CC[C@H](CN)O2)cc1[N+](=O)[O-].Cl. The Kier molecular flexibility index (Phi) is 7.21. The van der Waals surface area contributed by atoms with Gasteiger partial charge in [-0.05, 0) is 24.5 Å². The number of rotatable bonds is 6. The molecule has 1 amide bonds. The zero-order valence-electron chi connectivity index (χ0n) is 12.7. The number of nitrogens with zero attached hydrogens (tertiary/aromatic N) is 1. The third-order valence-corrected chi connectivity index (χ3v) is 3.57. The second-order valence-corrected chi connectivity index (χ2v) is 5.04. The van der Waals surface area contributed by atoms with Gasteiger partial charge in [0.05, 0.1) is 18.1 Å². The Morgan fingerprint density at radius 2 is 2.26 bits per heavy atom. The van der Waals surface area contributed by atoms with Crippen LogP contribution in [0.5, 0.6) is 5.75 Å². The van der Waals surface area contributed by atoms with Crippen molar-refractivity contribution in [2.45, 2.75) is 31.6 Å². The summed E-state index contributed by atoms with van der Waals surface area (Å²) >= 11 is 0. The first kappa shape index (κ1) is 19.1. The van der Waals surface area contributed by atoms with Crippen molar-refractivity contribution in [1.29, 1.82) is 0 Å². The van der Waals surface area contributed by atoms with Crippen LogP contribution in [0.15, 0.2) is 18.2 Å². The largest absolute Gasteiger partial charge is 0.490 e. The minimum atomic E-state index is -0.518. The lowest BCUT2D eigenvalue weighted by Crippen LogP contribution is -2.35. The van der Waals surface area contributed by atoms with Gasteiger partial charge in [-0.2, -0.15) is 0 Å². The molecule has 1 aromatic carbocycles. The molecule has 128 valence electrons. The van der Waals surface area contributed by atoms with E-state index in [4.69, 9.17) is 15.2 Å². The Morgan fingerprint density at radius 1 is 1.52 bits per heavy atom. The first-order valence-corrected chi connectivity index (χ1v) is 6.99. The zero-order valence-corrected chi connectivity index (χ0v) is 13.5. The second kappa shape index (κ2) is 8.66. The van der Waals surface area contributed by atoms with Crippen LogP contribution >= 0.6 is 12.4 Å². The number of amides is 1. The number of nitrogens with one attached hydrogen (secondary N) is 1. The number of benzene rings is 1. The second-order valence-electron chi connectivity index (χ2n) is 5.04. The number of hydrogen-bond acceptors (Lipinski definition) is 6. The lowest BCUT2D eigenvalue weighted by Gasteiger charge is -2.13. The van der Waals surface area contributed by atoms with E-state index in [-0.39, 0.29) is 42.4 Å². The molecule has 0 saturated carbocycles. The maximum atomic E-state index is 12.0. The van der Waals surface area contributed by atoms with Gasteiger partial charge in [0.25, 0.3) is 0 Å². The highest BCUT2D eigenvalue weighted by Gasteiger charge is 2.29. The summed E-state index contributed by atoms with van der Waals surface area (Å²) in [5.74, 6) is -0.0422. The molecule has 1 fully saturated rings. The normalized spacial score (nSPS) is 19.7. The fourth-order valence-electron chi connectivity index (χ4n) is 2.36. The Balaban J connectivity index is 0.00000264. The van der Waals surface area contributed by atoms with Crippen molar-refractivity contribution in [3.05, 3.63) is 33.9 Å². The summed E-state index contributed by atoms with van der Waals surface area (Å²) in [5.41, 5.74) is 5.99. The van der Waals surface area contributed by atoms with Crippen LogP contribution in [0, 0.1) is 10.1 Å². The zero-order chi connectivity index (χ0) is 16.1.